The zero-order valence-electron chi connectivity index (χ0n) is 9.84. The molecule has 0 unspecified atom stereocenters. The fourth-order valence-corrected chi connectivity index (χ4v) is 1.67. The third kappa shape index (κ3) is 3.43. The molecule has 6 heteroatoms. The molecular weight excluding hydrogens is 250 g/mol. The molecule has 1 rings (SSSR count). The lowest BCUT2D eigenvalue weighted by atomic mass is 9.98. The average Bonchev–Trinajstić information content (AvgIpc) is 2.26. The van der Waals surface area contributed by atoms with Gasteiger partial charge in [-0.15, -0.1) is 0 Å². The molecular formula is C12H15F4NO. The highest BCUT2D eigenvalue weighted by Crippen LogP contribution is 2.32. The van der Waals surface area contributed by atoms with Crippen molar-refractivity contribution in [2.45, 2.75) is 38.1 Å². The molecule has 0 saturated heterocycles. The summed E-state index contributed by atoms with van der Waals surface area (Å²) in [5, 5.41) is 9.62. The van der Waals surface area contributed by atoms with Gasteiger partial charge in [0.15, 0.2) is 0 Å². The number of benzene rings is 1. The predicted octanol–water partition coefficient (Wildman–Crippen LogP) is 3.01. The van der Waals surface area contributed by atoms with E-state index < -0.39 is 29.7 Å². The Morgan fingerprint density at radius 3 is 2.39 bits per heavy atom. The topological polar surface area (TPSA) is 46.2 Å². The highest BCUT2D eigenvalue weighted by atomic mass is 19.4. The number of alkyl halides is 3. The van der Waals surface area contributed by atoms with Crippen molar-refractivity contribution in [2.75, 3.05) is 0 Å². The summed E-state index contributed by atoms with van der Waals surface area (Å²) in [6.45, 7) is 1.84. The average molecular weight is 265 g/mol. The molecule has 0 spiro atoms. The Bertz CT molecular complexity index is 406. The van der Waals surface area contributed by atoms with E-state index in [4.69, 9.17) is 5.73 Å². The van der Waals surface area contributed by atoms with Crippen LogP contribution in [-0.2, 0) is 6.18 Å². The van der Waals surface area contributed by atoms with Crippen molar-refractivity contribution in [3.8, 4) is 0 Å². The van der Waals surface area contributed by atoms with E-state index in [1.54, 1.807) is 0 Å². The van der Waals surface area contributed by atoms with Gasteiger partial charge in [0.25, 0.3) is 0 Å². The molecule has 0 radical (unpaired) electrons. The van der Waals surface area contributed by atoms with Crippen LogP contribution in [0.2, 0.25) is 0 Å². The maximum absolute atomic E-state index is 13.3. The van der Waals surface area contributed by atoms with E-state index in [1.807, 2.05) is 6.92 Å². The van der Waals surface area contributed by atoms with Crippen LogP contribution >= 0.6 is 0 Å². The van der Waals surface area contributed by atoms with E-state index in [1.165, 1.54) is 0 Å². The molecule has 0 aliphatic rings. The Morgan fingerprint density at radius 1 is 1.33 bits per heavy atom. The van der Waals surface area contributed by atoms with Crippen molar-refractivity contribution >= 4 is 0 Å². The van der Waals surface area contributed by atoms with Gasteiger partial charge in [-0.25, -0.2) is 4.39 Å². The summed E-state index contributed by atoms with van der Waals surface area (Å²) in [7, 11) is 0. The van der Waals surface area contributed by atoms with Gasteiger partial charge in [0.1, 0.15) is 5.82 Å². The van der Waals surface area contributed by atoms with Crippen LogP contribution in [0.25, 0.3) is 0 Å². The van der Waals surface area contributed by atoms with Gasteiger partial charge in [0, 0.05) is 0 Å². The van der Waals surface area contributed by atoms with Crippen LogP contribution in [0.4, 0.5) is 17.6 Å². The zero-order chi connectivity index (χ0) is 13.9. The molecule has 0 aliphatic heterocycles. The Balaban J connectivity index is 2.97. The fourth-order valence-electron chi connectivity index (χ4n) is 1.67. The fraction of sp³-hybridized carbons (Fsp3) is 0.500. The third-order valence-electron chi connectivity index (χ3n) is 2.68. The number of aliphatic hydroxyl groups excluding tert-OH is 1. The highest BCUT2D eigenvalue weighted by molar-refractivity contribution is 5.28. The molecule has 1 aromatic carbocycles. The standard InChI is InChI=1S/C12H15F4NO/c1-2-3-10(18)11(17)7-4-5-8(9(13)6-7)12(14,15)16/h4-6,10-11,18H,2-3,17H2,1H3/t10-,11+/m0/s1. The van der Waals surface area contributed by atoms with Crippen molar-refractivity contribution < 1.29 is 22.7 Å². The van der Waals surface area contributed by atoms with E-state index >= 15 is 0 Å². The largest absolute Gasteiger partial charge is 0.419 e. The monoisotopic (exact) mass is 265 g/mol. The van der Waals surface area contributed by atoms with Crippen LogP contribution in [0.15, 0.2) is 18.2 Å². The highest BCUT2D eigenvalue weighted by Gasteiger charge is 2.34. The first-order valence-corrected chi connectivity index (χ1v) is 5.57. The SMILES string of the molecule is CCC[C@H](O)[C@H](N)c1ccc(C(F)(F)F)c(F)c1. The van der Waals surface area contributed by atoms with Crippen molar-refractivity contribution in [3.63, 3.8) is 0 Å². The van der Waals surface area contributed by atoms with E-state index in [9.17, 15) is 22.7 Å². The Hall–Kier alpha value is -1.14. The van der Waals surface area contributed by atoms with Crippen LogP contribution in [0, 0.1) is 5.82 Å². The minimum absolute atomic E-state index is 0.154. The second kappa shape index (κ2) is 5.67. The molecule has 0 fully saturated rings. The van der Waals surface area contributed by atoms with Crippen molar-refractivity contribution in [3.05, 3.63) is 35.1 Å². The molecule has 0 aromatic heterocycles. The van der Waals surface area contributed by atoms with Crippen LogP contribution < -0.4 is 5.73 Å². The van der Waals surface area contributed by atoms with Crippen LogP contribution in [-0.4, -0.2) is 11.2 Å². The first-order chi connectivity index (χ1) is 8.27. The summed E-state index contributed by atoms with van der Waals surface area (Å²) in [4.78, 5) is 0. The minimum Gasteiger partial charge on any atom is -0.391 e. The van der Waals surface area contributed by atoms with E-state index in [0.717, 1.165) is 12.1 Å². The number of aliphatic hydroxyl groups is 1. The first kappa shape index (κ1) is 14.9. The summed E-state index contributed by atoms with van der Waals surface area (Å²) >= 11 is 0. The third-order valence-corrected chi connectivity index (χ3v) is 2.68. The number of halogens is 4. The molecule has 3 N–H and O–H groups in total. The molecule has 18 heavy (non-hydrogen) atoms. The quantitative estimate of drug-likeness (QED) is 0.822. The molecule has 2 atom stereocenters. The predicted molar refractivity (Wildman–Crippen MR) is 59.2 cm³/mol. The second-order valence-electron chi connectivity index (χ2n) is 4.12. The molecule has 0 bridgehead atoms. The van der Waals surface area contributed by atoms with Crippen LogP contribution in [0.1, 0.15) is 36.9 Å². The van der Waals surface area contributed by atoms with Crippen molar-refractivity contribution in [1.29, 1.82) is 0 Å². The lowest BCUT2D eigenvalue weighted by molar-refractivity contribution is -0.140. The molecule has 0 aliphatic carbocycles. The van der Waals surface area contributed by atoms with Gasteiger partial charge in [-0.05, 0) is 24.1 Å². The lowest BCUT2D eigenvalue weighted by Crippen LogP contribution is -2.26. The molecule has 1 aromatic rings. The smallest absolute Gasteiger partial charge is 0.391 e. The maximum Gasteiger partial charge on any atom is 0.419 e. The maximum atomic E-state index is 13.3. The van der Waals surface area contributed by atoms with E-state index in [0.29, 0.717) is 18.9 Å². The Kier molecular flexibility index (Phi) is 4.70. The summed E-state index contributed by atoms with van der Waals surface area (Å²) in [5.41, 5.74) is 4.48. The van der Waals surface area contributed by atoms with Gasteiger partial charge in [0.05, 0.1) is 17.7 Å². The number of hydrogen-bond donors (Lipinski definition) is 2. The molecule has 0 amide bonds. The Labute approximate surface area is 102 Å². The van der Waals surface area contributed by atoms with Gasteiger partial charge in [-0.2, -0.15) is 13.2 Å². The first-order valence-electron chi connectivity index (χ1n) is 5.57. The van der Waals surface area contributed by atoms with Gasteiger partial charge < -0.3 is 10.8 Å². The van der Waals surface area contributed by atoms with Gasteiger partial charge in [0.2, 0.25) is 0 Å². The van der Waals surface area contributed by atoms with E-state index in [2.05, 4.69) is 0 Å². The summed E-state index contributed by atoms with van der Waals surface area (Å²) in [5.74, 6) is -1.38. The number of hydrogen-bond acceptors (Lipinski definition) is 2. The van der Waals surface area contributed by atoms with E-state index in [-0.39, 0.29) is 5.56 Å². The number of nitrogens with two attached hydrogens (primary N) is 1. The second-order valence-corrected chi connectivity index (χ2v) is 4.12. The Morgan fingerprint density at radius 2 is 1.94 bits per heavy atom. The van der Waals surface area contributed by atoms with Crippen LogP contribution in [0.5, 0.6) is 0 Å². The lowest BCUT2D eigenvalue weighted by Gasteiger charge is -2.19. The molecule has 0 heterocycles. The summed E-state index contributed by atoms with van der Waals surface area (Å²) in [6, 6.07) is 1.58. The number of rotatable bonds is 4. The summed E-state index contributed by atoms with van der Waals surface area (Å²) < 4.78 is 50.3. The molecule has 102 valence electrons. The van der Waals surface area contributed by atoms with Crippen molar-refractivity contribution in [1.82, 2.24) is 0 Å². The molecule has 0 saturated carbocycles. The zero-order valence-corrected chi connectivity index (χ0v) is 9.84. The molecule has 2 nitrogen and oxygen atoms in total. The summed E-state index contributed by atoms with van der Waals surface area (Å²) in [6.07, 6.45) is -4.54. The normalized spacial score (nSPS) is 15.5. The van der Waals surface area contributed by atoms with Crippen molar-refractivity contribution in [2.24, 2.45) is 5.73 Å². The van der Waals surface area contributed by atoms with Gasteiger partial charge in [-0.3, -0.25) is 0 Å². The minimum atomic E-state index is -4.73. The van der Waals surface area contributed by atoms with Crippen LogP contribution in [0.3, 0.4) is 0 Å². The van der Waals surface area contributed by atoms with Gasteiger partial charge in [-0.1, -0.05) is 19.4 Å². The van der Waals surface area contributed by atoms with Gasteiger partial charge >= 0.3 is 6.18 Å².